The van der Waals surface area contributed by atoms with Crippen LogP contribution in [0.2, 0.25) is 0 Å². The minimum atomic E-state index is -2.10. The van der Waals surface area contributed by atoms with Crippen LogP contribution in [0.15, 0.2) is 54.9 Å². The average Bonchev–Trinajstić information content (AvgIpc) is 3.73. The van der Waals surface area contributed by atoms with Crippen LogP contribution >= 0.6 is 0 Å². The number of fused-ring (bicyclic) bond motifs is 1. The standard InChI is InChI=1S/C31H32N6O15.Na/c38-10-19-17(39)9-20(50-19)36-13-32-21-26(36)33-30(34-27(21)48-11-14-4-2-1-3-5-14)35-31(45)49-12-15-6-7-18(16(8-15)37(46)47)51-29-24(42)22(40)23(41)25(52-29)28(43)44;/h1-8,13,17,19-20,22-25,29,38-42H,9-12H2,(H,43,44)(H,33,34,35,45);/q;+1/p-1/t17-,19+,20+,22-,23-,24+,25-,29+;/m0./s1. The number of nitrogens with one attached hydrogen (secondary N) is 1. The van der Waals surface area contributed by atoms with E-state index in [2.05, 4.69) is 20.3 Å². The molecular weight excluding hydrogens is 719 g/mol. The number of rotatable bonds is 12. The molecule has 2 saturated heterocycles. The van der Waals surface area contributed by atoms with Gasteiger partial charge in [-0.15, -0.1) is 0 Å². The molecule has 2 aromatic carbocycles. The fourth-order valence-electron chi connectivity index (χ4n) is 5.47. The van der Waals surface area contributed by atoms with Gasteiger partial charge in [-0.2, -0.15) is 9.97 Å². The quantitative estimate of drug-likeness (QED) is 0.0453. The number of carboxylic acid groups (broad SMARTS) is 1. The number of carbonyl (C=O) groups is 2. The number of hydrogen-bond acceptors (Lipinski definition) is 18. The molecule has 2 fully saturated rings. The molecule has 0 saturated carbocycles. The van der Waals surface area contributed by atoms with Crippen molar-refractivity contribution in [3.8, 4) is 11.6 Å². The van der Waals surface area contributed by atoms with Crippen LogP contribution in [0.1, 0.15) is 23.8 Å². The van der Waals surface area contributed by atoms with E-state index in [4.69, 9.17) is 23.7 Å². The third kappa shape index (κ3) is 8.81. The number of aliphatic hydroxyl groups is 5. The van der Waals surface area contributed by atoms with Gasteiger partial charge in [0.1, 0.15) is 50.0 Å². The van der Waals surface area contributed by atoms with Crippen molar-refractivity contribution in [3.63, 3.8) is 0 Å². The van der Waals surface area contributed by atoms with Gasteiger partial charge >= 0.3 is 41.3 Å². The molecule has 2 aromatic heterocycles. The number of aliphatic carboxylic acids is 1. The molecular formula is C31H31N6NaO15. The zero-order chi connectivity index (χ0) is 37.1. The summed E-state index contributed by atoms with van der Waals surface area (Å²) in [5, 5.41) is 75.3. The van der Waals surface area contributed by atoms with Crippen molar-refractivity contribution in [3.05, 3.63) is 76.1 Å². The Morgan fingerprint density at radius 1 is 1.00 bits per heavy atom. The molecule has 276 valence electrons. The molecule has 0 aliphatic carbocycles. The second-order valence-electron chi connectivity index (χ2n) is 11.7. The van der Waals surface area contributed by atoms with E-state index >= 15 is 0 Å². The normalized spacial score (nSPS) is 25.3. The van der Waals surface area contributed by atoms with Crippen molar-refractivity contribution in [2.75, 3.05) is 11.9 Å². The first-order chi connectivity index (χ1) is 24.9. The summed E-state index contributed by atoms with van der Waals surface area (Å²) in [6, 6.07) is 12.4. The smallest absolute Gasteiger partial charge is 0.547 e. The van der Waals surface area contributed by atoms with Gasteiger partial charge in [-0.1, -0.05) is 36.4 Å². The molecule has 21 nitrogen and oxygen atoms in total. The Balaban J connectivity index is 0.00000541. The molecule has 4 aromatic rings. The number of nitro benzene ring substituents is 1. The maximum Gasteiger partial charge on any atom is 1.00 e. The average molecular weight is 751 g/mol. The largest absolute Gasteiger partial charge is 1.00 e. The van der Waals surface area contributed by atoms with Crippen LogP contribution in [0, 0.1) is 10.1 Å². The van der Waals surface area contributed by atoms with E-state index in [1.165, 1.54) is 17.0 Å². The number of aliphatic hydroxyl groups excluding tert-OH is 5. The van der Waals surface area contributed by atoms with Crippen molar-refractivity contribution < 1.29 is 98.4 Å². The SMILES string of the molecule is O=C(Nc1nc(OCc2ccccc2)c2ncn([C@H]3C[C@H](O)[C@@H](CO)O3)c2n1)OCc1ccc(O[C@@H]2O[C@H](C(=O)[O-])[C@@H](O)[C@H](O)[C@H]2O)c([N+](=O)[O-])c1.[Na+]. The van der Waals surface area contributed by atoms with Gasteiger partial charge in [0.05, 0.1) is 29.9 Å². The van der Waals surface area contributed by atoms with E-state index in [1.807, 2.05) is 30.3 Å². The topological polar surface area (TPSA) is 303 Å². The van der Waals surface area contributed by atoms with Gasteiger partial charge in [-0.3, -0.25) is 20.0 Å². The number of aromatic nitrogens is 4. The number of anilines is 1. The molecule has 53 heavy (non-hydrogen) atoms. The number of carbonyl (C=O) groups excluding carboxylic acids is 2. The first-order valence-electron chi connectivity index (χ1n) is 15.6. The fourth-order valence-corrected chi connectivity index (χ4v) is 5.47. The van der Waals surface area contributed by atoms with E-state index in [9.17, 15) is 50.3 Å². The number of nitro groups is 1. The van der Waals surface area contributed by atoms with E-state index in [0.717, 1.165) is 17.7 Å². The van der Waals surface area contributed by atoms with Crippen LogP contribution in [-0.4, -0.2) is 112 Å². The molecule has 6 N–H and O–H groups in total. The predicted octanol–water partition coefficient (Wildman–Crippen LogP) is -4.36. The van der Waals surface area contributed by atoms with Gasteiger partial charge in [0.15, 0.2) is 16.9 Å². The monoisotopic (exact) mass is 750 g/mol. The van der Waals surface area contributed by atoms with E-state index in [-0.39, 0.29) is 71.1 Å². The zero-order valence-electron chi connectivity index (χ0n) is 27.7. The third-order valence-corrected chi connectivity index (χ3v) is 8.15. The Morgan fingerprint density at radius 3 is 2.43 bits per heavy atom. The molecule has 2 aliphatic heterocycles. The Bertz CT molecular complexity index is 1940. The summed E-state index contributed by atoms with van der Waals surface area (Å²) in [7, 11) is 0. The molecule has 0 bridgehead atoms. The molecule has 4 heterocycles. The Kier molecular flexibility index (Phi) is 12.8. The number of hydrogen-bond donors (Lipinski definition) is 6. The summed E-state index contributed by atoms with van der Waals surface area (Å²) in [5.74, 6) is -2.71. The number of ether oxygens (including phenoxy) is 5. The number of carboxylic acids is 1. The summed E-state index contributed by atoms with van der Waals surface area (Å²) in [4.78, 5) is 48.1. The van der Waals surface area contributed by atoms with Gasteiger partial charge in [-0.25, -0.2) is 9.78 Å². The van der Waals surface area contributed by atoms with Crippen LogP contribution in [0.3, 0.4) is 0 Å². The molecule has 2 aliphatic rings. The second-order valence-corrected chi connectivity index (χ2v) is 11.7. The first kappa shape index (κ1) is 39.7. The summed E-state index contributed by atoms with van der Waals surface area (Å²) >= 11 is 0. The molecule has 1 amide bonds. The minimum absolute atomic E-state index is 0. The van der Waals surface area contributed by atoms with Crippen LogP contribution in [0.4, 0.5) is 16.4 Å². The number of amides is 1. The summed E-state index contributed by atoms with van der Waals surface area (Å²) in [6.45, 7) is -0.846. The minimum Gasteiger partial charge on any atom is -0.547 e. The first-order valence-corrected chi connectivity index (χ1v) is 15.6. The van der Waals surface area contributed by atoms with E-state index in [1.54, 1.807) is 0 Å². The summed E-state index contributed by atoms with van der Waals surface area (Å²) < 4.78 is 28.7. The molecule has 22 heteroatoms. The second kappa shape index (κ2) is 17.1. The van der Waals surface area contributed by atoms with Crippen molar-refractivity contribution in [1.82, 2.24) is 19.5 Å². The Hall–Kier alpha value is -4.55. The van der Waals surface area contributed by atoms with Gasteiger partial charge in [0.2, 0.25) is 18.1 Å². The van der Waals surface area contributed by atoms with Crippen molar-refractivity contribution in [2.45, 2.75) is 68.8 Å². The van der Waals surface area contributed by atoms with E-state index in [0.29, 0.717) is 0 Å². The van der Waals surface area contributed by atoms with Crippen molar-refractivity contribution in [2.24, 2.45) is 0 Å². The van der Waals surface area contributed by atoms with Crippen LogP contribution in [0.25, 0.3) is 11.2 Å². The maximum atomic E-state index is 12.9. The Labute approximate surface area is 320 Å². The van der Waals surface area contributed by atoms with Crippen LogP contribution < -0.4 is 49.5 Å². The van der Waals surface area contributed by atoms with Crippen LogP contribution in [0.5, 0.6) is 11.6 Å². The number of imidazole rings is 1. The Morgan fingerprint density at radius 2 is 1.75 bits per heavy atom. The zero-order valence-corrected chi connectivity index (χ0v) is 29.7. The number of benzene rings is 2. The third-order valence-electron chi connectivity index (χ3n) is 8.15. The summed E-state index contributed by atoms with van der Waals surface area (Å²) in [6.07, 6.45) is -12.3. The number of nitrogens with zero attached hydrogens (tertiary/aromatic N) is 5. The molecule has 0 unspecified atom stereocenters. The molecule has 0 radical (unpaired) electrons. The van der Waals surface area contributed by atoms with Gasteiger partial charge in [-0.05, 0) is 17.2 Å². The van der Waals surface area contributed by atoms with Crippen LogP contribution in [-0.2, 0) is 32.2 Å². The van der Waals surface area contributed by atoms with Crippen molar-refractivity contribution in [1.29, 1.82) is 0 Å². The van der Waals surface area contributed by atoms with E-state index < -0.39 is 90.8 Å². The maximum absolute atomic E-state index is 12.9. The van der Waals surface area contributed by atoms with Gasteiger partial charge in [0, 0.05) is 12.5 Å². The fraction of sp³-hybridized carbons (Fsp3) is 0.387. The molecule has 8 atom stereocenters. The predicted molar refractivity (Wildman–Crippen MR) is 167 cm³/mol. The molecule has 6 rings (SSSR count). The van der Waals surface area contributed by atoms with Crippen molar-refractivity contribution >= 4 is 34.9 Å². The molecule has 0 spiro atoms. The summed E-state index contributed by atoms with van der Waals surface area (Å²) in [5.41, 5.74) is 0.575. The van der Waals surface area contributed by atoms with Gasteiger partial charge < -0.3 is 59.1 Å². The van der Waals surface area contributed by atoms with Gasteiger partial charge in [0.25, 0.3) is 0 Å².